The van der Waals surface area contributed by atoms with Crippen molar-refractivity contribution in [3.63, 3.8) is 0 Å². The molecule has 0 spiro atoms. The SMILES string of the molecule is OCC(O)COc1cccc2c1cnn2-c1ccnc(N[C@H]2CC[C@H](O)CC2)n1. The van der Waals surface area contributed by atoms with Crippen LogP contribution in [-0.4, -0.2) is 66.5 Å². The summed E-state index contributed by atoms with van der Waals surface area (Å²) in [5.74, 6) is 1.74. The molecule has 1 atom stereocenters. The Morgan fingerprint density at radius 1 is 1.21 bits per heavy atom. The maximum absolute atomic E-state index is 9.66. The number of anilines is 1. The number of nitrogens with one attached hydrogen (secondary N) is 1. The number of nitrogens with zero attached hydrogens (tertiary/aromatic N) is 4. The average Bonchev–Trinajstić information content (AvgIpc) is 3.18. The van der Waals surface area contributed by atoms with Crippen LogP contribution in [0.25, 0.3) is 16.7 Å². The van der Waals surface area contributed by atoms with Crippen LogP contribution in [-0.2, 0) is 0 Å². The lowest BCUT2D eigenvalue weighted by atomic mass is 9.93. The van der Waals surface area contributed by atoms with Gasteiger partial charge in [0.2, 0.25) is 5.95 Å². The van der Waals surface area contributed by atoms with Crippen molar-refractivity contribution in [1.82, 2.24) is 19.7 Å². The molecule has 0 aliphatic heterocycles. The lowest BCUT2D eigenvalue weighted by Gasteiger charge is -2.26. The van der Waals surface area contributed by atoms with E-state index in [-0.39, 0.29) is 25.4 Å². The van der Waals surface area contributed by atoms with E-state index in [9.17, 15) is 10.2 Å². The third-order valence-electron chi connectivity index (χ3n) is 5.10. The molecule has 3 aromatic rings. The van der Waals surface area contributed by atoms with Gasteiger partial charge in [0.1, 0.15) is 18.5 Å². The third-order valence-corrected chi connectivity index (χ3v) is 5.10. The minimum absolute atomic E-state index is 0.00153. The first-order chi connectivity index (χ1) is 14.1. The van der Waals surface area contributed by atoms with Gasteiger partial charge < -0.3 is 25.4 Å². The van der Waals surface area contributed by atoms with Crippen molar-refractivity contribution in [2.24, 2.45) is 0 Å². The molecule has 1 unspecified atom stereocenters. The van der Waals surface area contributed by atoms with Crippen LogP contribution in [0.4, 0.5) is 5.95 Å². The van der Waals surface area contributed by atoms with E-state index in [4.69, 9.17) is 9.84 Å². The Morgan fingerprint density at radius 2 is 2.03 bits per heavy atom. The Labute approximate surface area is 168 Å². The predicted molar refractivity (Wildman–Crippen MR) is 107 cm³/mol. The third kappa shape index (κ3) is 4.47. The lowest BCUT2D eigenvalue weighted by Crippen LogP contribution is -2.29. The van der Waals surface area contributed by atoms with Gasteiger partial charge in [0.15, 0.2) is 5.82 Å². The van der Waals surface area contributed by atoms with Crippen molar-refractivity contribution in [3.05, 3.63) is 36.7 Å². The van der Waals surface area contributed by atoms with Crippen molar-refractivity contribution >= 4 is 16.9 Å². The van der Waals surface area contributed by atoms with Gasteiger partial charge >= 0.3 is 0 Å². The molecule has 0 saturated heterocycles. The van der Waals surface area contributed by atoms with E-state index in [2.05, 4.69) is 20.4 Å². The molecule has 1 saturated carbocycles. The first kappa shape index (κ1) is 19.6. The molecule has 29 heavy (non-hydrogen) atoms. The highest BCUT2D eigenvalue weighted by atomic mass is 16.5. The minimum atomic E-state index is -0.934. The molecule has 0 amide bonds. The Kier molecular flexibility index (Phi) is 5.89. The van der Waals surface area contributed by atoms with E-state index in [1.807, 2.05) is 12.1 Å². The van der Waals surface area contributed by atoms with E-state index < -0.39 is 6.10 Å². The largest absolute Gasteiger partial charge is 0.490 e. The molecule has 1 aliphatic carbocycles. The van der Waals surface area contributed by atoms with Crippen LogP contribution in [0.3, 0.4) is 0 Å². The monoisotopic (exact) mass is 399 g/mol. The molecular weight excluding hydrogens is 374 g/mol. The molecule has 154 valence electrons. The number of fused-ring (bicyclic) bond motifs is 1. The van der Waals surface area contributed by atoms with Gasteiger partial charge in [0, 0.05) is 18.3 Å². The molecule has 4 rings (SSSR count). The Hall–Kier alpha value is -2.75. The number of ether oxygens (including phenoxy) is 1. The quantitative estimate of drug-likeness (QED) is 0.468. The normalized spacial score (nSPS) is 20.5. The fourth-order valence-corrected chi connectivity index (χ4v) is 3.51. The second-order valence-electron chi connectivity index (χ2n) is 7.28. The van der Waals surface area contributed by atoms with Gasteiger partial charge in [0.05, 0.1) is 29.8 Å². The van der Waals surface area contributed by atoms with E-state index in [1.165, 1.54) is 0 Å². The molecule has 1 fully saturated rings. The zero-order valence-electron chi connectivity index (χ0n) is 16.0. The van der Waals surface area contributed by atoms with Gasteiger partial charge in [-0.15, -0.1) is 0 Å². The molecule has 1 aliphatic rings. The predicted octanol–water partition coefficient (Wildman–Crippen LogP) is 1.26. The molecule has 2 heterocycles. The molecular formula is C20H25N5O4. The van der Waals surface area contributed by atoms with Crippen molar-refractivity contribution < 1.29 is 20.1 Å². The number of benzene rings is 1. The summed E-state index contributed by atoms with van der Waals surface area (Å²) < 4.78 is 7.34. The van der Waals surface area contributed by atoms with Crippen LogP contribution in [0.15, 0.2) is 36.7 Å². The van der Waals surface area contributed by atoms with E-state index in [0.717, 1.165) is 36.6 Å². The number of rotatable bonds is 7. The zero-order valence-corrected chi connectivity index (χ0v) is 16.0. The molecule has 9 heteroatoms. The summed E-state index contributed by atoms with van der Waals surface area (Å²) in [6.07, 6.45) is 5.59. The first-order valence-corrected chi connectivity index (χ1v) is 9.80. The van der Waals surface area contributed by atoms with Gasteiger partial charge in [-0.1, -0.05) is 6.07 Å². The smallest absolute Gasteiger partial charge is 0.224 e. The zero-order chi connectivity index (χ0) is 20.2. The average molecular weight is 399 g/mol. The summed E-state index contributed by atoms with van der Waals surface area (Å²) in [7, 11) is 0. The second kappa shape index (κ2) is 8.73. The van der Waals surface area contributed by atoms with Crippen LogP contribution in [0.1, 0.15) is 25.7 Å². The highest BCUT2D eigenvalue weighted by molar-refractivity contribution is 5.86. The summed E-state index contributed by atoms with van der Waals surface area (Å²) in [4.78, 5) is 8.91. The van der Waals surface area contributed by atoms with Crippen LogP contribution < -0.4 is 10.1 Å². The van der Waals surface area contributed by atoms with Crippen molar-refractivity contribution in [1.29, 1.82) is 0 Å². The van der Waals surface area contributed by atoms with Gasteiger partial charge in [-0.25, -0.2) is 9.67 Å². The molecule has 1 aromatic carbocycles. The number of aliphatic hydroxyl groups is 3. The maximum Gasteiger partial charge on any atom is 0.224 e. The molecule has 9 nitrogen and oxygen atoms in total. The Balaban J connectivity index is 1.55. The lowest BCUT2D eigenvalue weighted by molar-refractivity contribution is 0.0541. The van der Waals surface area contributed by atoms with E-state index >= 15 is 0 Å². The number of hydrogen-bond acceptors (Lipinski definition) is 8. The fourth-order valence-electron chi connectivity index (χ4n) is 3.51. The number of aliphatic hydroxyl groups excluding tert-OH is 3. The highest BCUT2D eigenvalue weighted by Crippen LogP contribution is 2.27. The van der Waals surface area contributed by atoms with Crippen LogP contribution in [0.5, 0.6) is 5.75 Å². The van der Waals surface area contributed by atoms with Gasteiger partial charge in [-0.05, 0) is 37.8 Å². The summed E-state index contributed by atoms with van der Waals surface area (Å²) in [6, 6.07) is 7.58. The first-order valence-electron chi connectivity index (χ1n) is 9.80. The summed E-state index contributed by atoms with van der Waals surface area (Å²) >= 11 is 0. The summed E-state index contributed by atoms with van der Waals surface area (Å²) in [6.45, 7) is -0.357. The van der Waals surface area contributed by atoms with Gasteiger partial charge in [-0.3, -0.25) is 0 Å². The molecule has 2 aromatic heterocycles. The van der Waals surface area contributed by atoms with E-state index in [0.29, 0.717) is 17.5 Å². The van der Waals surface area contributed by atoms with Crippen LogP contribution >= 0.6 is 0 Å². The molecule has 0 bridgehead atoms. The topological polar surface area (TPSA) is 126 Å². The van der Waals surface area contributed by atoms with Crippen LogP contribution in [0.2, 0.25) is 0 Å². The standard InChI is InChI=1S/C20H25N5O4/c26-11-15(28)12-29-18-3-1-2-17-16(18)10-22-25(17)19-8-9-21-20(24-19)23-13-4-6-14(27)7-5-13/h1-3,8-10,13-15,26-28H,4-7,11-12H2,(H,21,23,24)/t13-,14-,15?. The van der Waals surface area contributed by atoms with Crippen LogP contribution in [0, 0.1) is 0 Å². The fraction of sp³-hybridized carbons (Fsp3) is 0.450. The van der Waals surface area contributed by atoms with Gasteiger partial charge in [0.25, 0.3) is 0 Å². The highest BCUT2D eigenvalue weighted by Gasteiger charge is 2.20. The second-order valence-corrected chi connectivity index (χ2v) is 7.28. The Morgan fingerprint density at radius 3 is 2.83 bits per heavy atom. The van der Waals surface area contributed by atoms with Crippen molar-refractivity contribution in [3.8, 4) is 11.6 Å². The Bertz CT molecular complexity index is 955. The summed E-state index contributed by atoms with van der Waals surface area (Å²) in [5, 5.41) is 36.7. The van der Waals surface area contributed by atoms with Crippen molar-refractivity contribution in [2.75, 3.05) is 18.5 Å². The number of hydrogen-bond donors (Lipinski definition) is 4. The maximum atomic E-state index is 9.66. The minimum Gasteiger partial charge on any atom is -0.490 e. The van der Waals surface area contributed by atoms with Crippen molar-refractivity contribution in [2.45, 2.75) is 43.9 Å². The number of aromatic nitrogens is 4. The molecule has 4 N–H and O–H groups in total. The van der Waals surface area contributed by atoms with Gasteiger partial charge in [-0.2, -0.15) is 10.1 Å². The van der Waals surface area contributed by atoms with E-state index in [1.54, 1.807) is 29.2 Å². The summed E-state index contributed by atoms with van der Waals surface area (Å²) in [5.41, 5.74) is 0.812. The molecule has 0 radical (unpaired) electrons.